The van der Waals surface area contributed by atoms with E-state index >= 15 is 0 Å². The highest BCUT2D eigenvalue weighted by atomic mass is 15.0. The van der Waals surface area contributed by atoms with Gasteiger partial charge in [0.25, 0.3) is 0 Å². The first-order chi connectivity index (χ1) is 22.1. The van der Waals surface area contributed by atoms with Crippen LogP contribution in [0.2, 0.25) is 0 Å². The smallest absolute Gasteiger partial charge is 0.0623 e. The summed E-state index contributed by atoms with van der Waals surface area (Å²) in [5.74, 6) is 0. The van der Waals surface area contributed by atoms with Crippen LogP contribution in [0, 0.1) is 0 Å². The van der Waals surface area contributed by atoms with Crippen LogP contribution >= 0.6 is 0 Å². The molecule has 0 N–H and O–H groups in total. The van der Waals surface area contributed by atoms with Gasteiger partial charge in [0, 0.05) is 43.7 Å². The number of nitrogens with zero attached hydrogens (tertiary/aromatic N) is 2. The molecule has 0 unspecified atom stereocenters. The van der Waals surface area contributed by atoms with Gasteiger partial charge in [0.1, 0.15) is 0 Å². The molecule has 45 heavy (non-hydrogen) atoms. The van der Waals surface area contributed by atoms with Crippen molar-refractivity contribution in [3.63, 3.8) is 0 Å². The van der Waals surface area contributed by atoms with Gasteiger partial charge in [-0.1, -0.05) is 123 Å². The minimum absolute atomic E-state index is 0.131. The number of para-hydroxylation sites is 3. The molecule has 0 fully saturated rings. The molecule has 7 aromatic carbocycles. The first kappa shape index (κ1) is 24.8. The molecule has 9 aromatic rings. The van der Waals surface area contributed by atoms with Crippen molar-refractivity contribution in [3.8, 4) is 22.5 Å². The maximum Gasteiger partial charge on any atom is 0.0623 e. The Morgan fingerprint density at radius 1 is 0.444 bits per heavy atom. The summed E-state index contributed by atoms with van der Waals surface area (Å²) in [6, 6.07) is 53.6. The van der Waals surface area contributed by atoms with Gasteiger partial charge in [0.05, 0.1) is 22.1 Å². The fourth-order valence-corrected chi connectivity index (χ4v) is 8.44. The molecule has 0 radical (unpaired) electrons. The lowest BCUT2D eigenvalue weighted by molar-refractivity contribution is 0.667. The van der Waals surface area contributed by atoms with Crippen LogP contribution in [-0.2, 0) is 5.41 Å². The minimum atomic E-state index is -0.131. The summed E-state index contributed by atoms with van der Waals surface area (Å²) in [7, 11) is 0. The van der Waals surface area contributed by atoms with E-state index in [-0.39, 0.29) is 5.41 Å². The van der Waals surface area contributed by atoms with E-state index in [9.17, 15) is 0 Å². The molecule has 1 aliphatic carbocycles. The Hall–Kier alpha value is -5.60. The zero-order valence-electron chi connectivity index (χ0n) is 25.3. The fraction of sp³-hybridized carbons (Fsp3) is 0.0698. The molecule has 0 aliphatic heterocycles. The van der Waals surface area contributed by atoms with Gasteiger partial charge >= 0.3 is 0 Å². The van der Waals surface area contributed by atoms with Gasteiger partial charge in [-0.2, -0.15) is 0 Å². The van der Waals surface area contributed by atoms with Gasteiger partial charge in [-0.25, -0.2) is 0 Å². The number of hydrogen-bond acceptors (Lipinski definition) is 0. The Labute approximate surface area is 261 Å². The topological polar surface area (TPSA) is 9.86 Å². The molecule has 0 spiro atoms. The summed E-state index contributed by atoms with van der Waals surface area (Å²) in [5, 5.41) is 7.83. The summed E-state index contributed by atoms with van der Waals surface area (Å²) >= 11 is 0. The van der Waals surface area contributed by atoms with Crippen molar-refractivity contribution in [2.75, 3.05) is 0 Å². The van der Waals surface area contributed by atoms with Gasteiger partial charge in [-0.15, -0.1) is 0 Å². The zero-order chi connectivity index (χ0) is 29.9. The molecule has 2 heterocycles. The highest BCUT2D eigenvalue weighted by molar-refractivity contribution is 6.25. The van der Waals surface area contributed by atoms with E-state index in [4.69, 9.17) is 0 Å². The van der Waals surface area contributed by atoms with E-state index in [2.05, 4.69) is 169 Å². The summed E-state index contributed by atoms with van der Waals surface area (Å²) in [4.78, 5) is 0. The van der Waals surface area contributed by atoms with Crippen molar-refractivity contribution >= 4 is 54.4 Å². The molecule has 0 saturated carbocycles. The second-order valence-electron chi connectivity index (χ2n) is 12.9. The SMILES string of the molecule is CC1(C)c2ccccc2-c2c1c1c3ccccc3n(-c3cccc(-n4c5ccccc5c5ccccc54)c3)c1c1ccccc21. The van der Waals surface area contributed by atoms with Crippen molar-refractivity contribution in [2.45, 2.75) is 19.3 Å². The van der Waals surface area contributed by atoms with Gasteiger partial charge in [0.2, 0.25) is 0 Å². The van der Waals surface area contributed by atoms with Crippen LogP contribution in [0.3, 0.4) is 0 Å². The standard InChI is InChI=1S/C43H30N2/c1-43(2)35-22-9-5-20-33(35)39-31-18-3-4-19-32(31)42-40(41(39)43)34-21-8-12-25-38(34)45(42)28-15-13-14-27(26-28)44-36-23-10-6-16-29(36)30-17-7-11-24-37(30)44/h3-26H,1-2H3. The number of rotatable bonds is 2. The normalized spacial score (nSPS) is 13.7. The van der Waals surface area contributed by atoms with Crippen LogP contribution in [0.5, 0.6) is 0 Å². The highest BCUT2D eigenvalue weighted by Gasteiger charge is 2.39. The molecule has 0 amide bonds. The van der Waals surface area contributed by atoms with E-state index in [0.717, 1.165) is 5.69 Å². The van der Waals surface area contributed by atoms with E-state index < -0.39 is 0 Å². The molecule has 10 rings (SSSR count). The average molecular weight is 575 g/mol. The Morgan fingerprint density at radius 2 is 0.956 bits per heavy atom. The Bertz CT molecular complexity index is 2630. The maximum absolute atomic E-state index is 2.52. The molecular formula is C43H30N2. The van der Waals surface area contributed by atoms with Gasteiger partial charge in [-0.3, -0.25) is 0 Å². The van der Waals surface area contributed by atoms with Crippen molar-refractivity contribution in [3.05, 3.63) is 157 Å². The van der Waals surface area contributed by atoms with Gasteiger partial charge in [-0.05, 0) is 64.0 Å². The molecular weight excluding hydrogens is 544 g/mol. The Morgan fingerprint density at radius 3 is 1.64 bits per heavy atom. The van der Waals surface area contributed by atoms with E-state index in [1.165, 1.54) is 82.3 Å². The van der Waals surface area contributed by atoms with Crippen LogP contribution in [0.4, 0.5) is 0 Å². The van der Waals surface area contributed by atoms with Crippen molar-refractivity contribution in [1.82, 2.24) is 9.13 Å². The minimum Gasteiger partial charge on any atom is -0.309 e. The predicted molar refractivity (Wildman–Crippen MR) is 190 cm³/mol. The highest BCUT2D eigenvalue weighted by Crippen LogP contribution is 2.56. The molecule has 0 bridgehead atoms. The Balaban J connectivity index is 1.36. The summed E-state index contributed by atoms with van der Waals surface area (Å²) < 4.78 is 4.93. The monoisotopic (exact) mass is 574 g/mol. The van der Waals surface area contributed by atoms with Crippen LogP contribution < -0.4 is 0 Å². The van der Waals surface area contributed by atoms with Crippen LogP contribution in [0.15, 0.2) is 146 Å². The fourth-order valence-electron chi connectivity index (χ4n) is 8.44. The lowest BCUT2D eigenvalue weighted by Gasteiger charge is -2.23. The van der Waals surface area contributed by atoms with Gasteiger partial charge < -0.3 is 9.13 Å². The zero-order valence-corrected chi connectivity index (χ0v) is 25.3. The molecule has 0 atom stereocenters. The summed E-state index contributed by atoms with van der Waals surface area (Å²) in [5.41, 5.74) is 12.8. The van der Waals surface area contributed by atoms with Crippen LogP contribution in [0.1, 0.15) is 25.0 Å². The summed E-state index contributed by atoms with van der Waals surface area (Å²) in [6.45, 7) is 4.81. The predicted octanol–water partition coefficient (Wildman–Crippen LogP) is 11.3. The number of benzene rings is 7. The lowest BCUT2D eigenvalue weighted by atomic mass is 9.79. The molecule has 2 aromatic heterocycles. The molecule has 1 aliphatic rings. The third kappa shape index (κ3) is 3.13. The summed E-state index contributed by atoms with van der Waals surface area (Å²) in [6.07, 6.45) is 0. The third-order valence-electron chi connectivity index (χ3n) is 10.2. The number of fused-ring (bicyclic) bond motifs is 13. The van der Waals surface area contributed by atoms with Crippen molar-refractivity contribution in [1.29, 1.82) is 0 Å². The molecule has 2 nitrogen and oxygen atoms in total. The number of aromatic nitrogens is 2. The first-order valence-electron chi connectivity index (χ1n) is 15.8. The molecule has 2 heteroatoms. The van der Waals surface area contributed by atoms with Crippen LogP contribution in [0.25, 0.3) is 76.9 Å². The molecule has 212 valence electrons. The first-order valence-corrected chi connectivity index (χ1v) is 15.8. The third-order valence-corrected chi connectivity index (χ3v) is 10.2. The lowest BCUT2D eigenvalue weighted by Crippen LogP contribution is -2.15. The van der Waals surface area contributed by atoms with E-state index in [1.54, 1.807) is 0 Å². The largest absolute Gasteiger partial charge is 0.309 e. The van der Waals surface area contributed by atoms with E-state index in [1.807, 2.05) is 0 Å². The van der Waals surface area contributed by atoms with Crippen molar-refractivity contribution < 1.29 is 0 Å². The number of hydrogen-bond donors (Lipinski definition) is 0. The van der Waals surface area contributed by atoms with Crippen molar-refractivity contribution in [2.24, 2.45) is 0 Å². The average Bonchev–Trinajstić information content (AvgIpc) is 3.69. The second-order valence-corrected chi connectivity index (χ2v) is 12.9. The maximum atomic E-state index is 2.52. The quantitative estimate of drug-likeness (QED) is 0.194. The second kappa shape index (κ2) is 8.74. The Kier molecular flexibility index (Phi) is 4.82. The molecule has 0 saturated heterocycles. The van der Waals surface area contributed by atoms with Crippen LogP contribution in [-0.4, -0.2) is 9.13 Å². The van der Waals surface area contributed by atoms with E-state index in [0.29, 0.717) is 0 Å². The van der Waals surface area contributed by atoms with Gasteiger partial charge in [0.15, 0.2) is 0 Å².